The molecule has 2 nitrogen and oxygen atoms in total. The van der Waals surface area contributed by atoms with Crippen LogP contribution in [0.3, 0.4) is 0 Å². The van der Waals surface area contributed by atoms with E-state index in [1.54, 1.807) is 5.57 Å². The molecule has 0 N–H and O–H groups in total. The number of esters is 1. The molecule has 0 aliphatic rings. The third kappa shape index (κ3) is 15.0. The average molecular weight is 351 g/mol. The van der Waals surface area contributed by atoms with E-state index in [0.717, 1.165) is 12.8 Å². The first kappa shape index (κ1) is 23.9. The molecular formula is C23H42O2. The molecule has 1 atom stereocenters. The summed E-state index contributed by atoms with van der Waals surface area (Å²) in [4.78, 5) is 11.0. The molecular weight excluding hydrogens is 308 g/mol. The van der Waals surface area contributed by atoms with E-state index in [2.05, 4.69) is 37.3 Å². The van der Waals surface area contributed by atoms with Crippen molar-refractivity contribution in [1.29, 1.82) is 0 Å². The molecule has 0 fully saturated rings. The number of methoxy groups -OCH3 is 1. The Labute approximate surface area is 157 Å². The van der Waals surface area contributed by atoms with Crippen molar-refractivity contribution in [2.45, 2.75) is 104 Å². The lowest BCUT2D eigenvalue weighted by Crippen LogP contribution is -1.99. The summed E-state index contributed by atoms with van der Waals surface area (Å²) in [5, 5.41) is 0. The molecule has 0 amide bonds. The summed E-state index contributed by atoms with van der Waals surface area (Å²) in [6.45, 7) is 8.50. The van der Waals surface area contributed by atoms with Gasteiger partial charge in [0.1, 0.15) is 0 Å². The summed E-state index contributed by atoms with van der Waals surface area (Å²) < 4.78 is 4.66. The van der Waals surface area contributed by atoms with Gasteiger partial charge in [0.25, 0.3) is 0 Å². The molecule has 0 aliphatic carbocycles. The maximum absolute atomic E-state index is 11.0. The van der Waals surface area contributed by atoms with Gasteiger partial charge in [0.15, 0.2) is 0 Å². The zero-order valence-corrected chi connectivity index (χ0v) is 17.2. The van der Waals surface area contributed by atoms with Gasteiger partial charge in [-0.2, -0.15) is 0 Å². The van der Waals surface area contributed by atoms with Crippen molar-refractivity contribution in [3.8, 4) is 0 Å². The second-order valence-corrected chi connectivity index (χ2v) is 7.20. The van der Waals surface area contributed by atoms with Crippen LogP contribution in [0.1, 0.15) is 104 Å². The molecule has 0 aliphatic heterocycles. The molecule has 0 aromatic heterocycles. The maximum Gasteiger partial charge on any atom is 0.305 e. The number of hydrogen-bond acceptors (Lipinski definition) is 2. The van der Waals surface area contributed by atoms with Gasteiger partial charge in [-0.3, -0.25) is 4.79 Å². The summed E-state index contributed by atoms with van der Waals surface area (Å²) >= 11 is 0. The predicted octanol–water partition coefficient (Wildman–Crippen LogP) is 7.39. The van der Waals surface area contributed by atoms with Crippen LogP contribution >= 0.6 is 0 Å². The molecule has 0 saturated heterocycles. The number of hydrogen-bond donors (Lipinski definition) is 0. The molecule has 0 radical (unpaired) electrons. The Hall–Kier alpha value is -1.05. The SMILES string of the molecule is C=CC(C)/C(=C/CCCCCCC)CCCCCCCCC(=O)OC. The molecule has 0 saturated carbocycles. The Morgan fingerprint density at radius 1 is 0.920 bits per heavy atom. The minimum Gasteiger partial charge on any atom is -0.469 e. The van der Waals surface area contributed by atoms with Crippen LogP contribution in [0.5, 0.6) is 0 Å². The van der Waals surface area contributed by atoms with Crippen LogP contribution in [0.25, 0.3) is 0 Å². The molecule has 0 bridgehead atoms. The Morgan fingerprint density at radius 2 is 1.48 bits per heavy atom. The smallest absolute Gasteiger partial charge is 0.305 e. The van der Waals surface area contributed by atoms with Gasteiger partial charge >= 0.3 is 5.97 Å². The van der Waals surface area contributed by atoms with E-state index in [-0.39, 0.29) is 5.97 Å². The van der Waals surface area contributed by atoms with E-state index in [0.29, 0.717) is 12.3 Å². The van der Waals surface area contributed by atoms with E-state index in [1.165, 1.54) is 77.7 Å². The van der Waals surface area contributed by atoms with Crippen LogP contribution in [0, 0.1) is 5.92 Å². The van der Waals surface area contributed by atoms with Crippen LogP contribution in [0.15, 0.2) is 24.3 Å². The normalized spacial score (nSPS) is 12.8. The Kier molecular flexibility index (Phi) is 17.0. The zero-order valence-electron chi connectivity index (χ0n) is 17.2. The first-order chi connectivity index (χ1) is 12.2. The molecule has 2 heteroatoms. The highest BCUT2D eigenvalue weighted by molar-refractivity contribution is 5.68. The molecule has 0 heterocycles. The number of carbonyl (C=O) groups excluding carboxylic acids is 1. The van der Waals surface area contributed by atoms with Crippen molar-refractivity contribution in [2.24, 2.45) is 5.92 Å². The quantitative estimate of drug-likeness (QED) is 0.155. The first-order valence-electron chi connectivity index (χ1n) is 10.5. The summed E-state index contributed by atoms with van der Waals surface area (Å²) in [6, 6.07) is 0. The maximum atomic E-state index is 11.0. The minimum absolute atomic E-state index is 0.0807. The van der Waals surface area contributed by atoms with Gasteiger partial charge in [-0.1, -0.05) is 82.9 Å². The van der Waals surface area contributed by atoms with Crippen LogP contribution in [-0.2, 0) is 9.53 Å². The fourth-order valence-electron chi connectivity index (χ4n) is 3.11. The van der Waals surface area contributed by atoms with Crippen molar-refractivity contribution >= 4 is 5.97 Å². The van der Waals surface area contributed by atoms with Gasteiger partial charge in [0, 0.05) is 6.42 Å². The van der Waals surface area contributed by atoms with Crippen molar-refractivity contribution in [2.75, 3.05) is 7.11 Å². The highest BCUT2D eigenvalue weighted by Gasteiger charge is 2.05. The molecule has 0 aromatic carbocycles. The van der Waals surface area contributed by atoms with Crippen LogP contribution in [0.2, 0.25) is 0 Å². The zero-order chi connectivity index (χ0) is 18.8. The standard InChI is InChI=1S/C23H42O2/c1-5-7-8-9-12-15-18-22(21(3)6-2)19-16-13-10-11-14-17-20-23(24)25-4/h6,18,21H,2,5,7-17,19-20H2,1,3-4H3/b22-18+. The van der Waals surface area contributed by atoms with Gasteiger partial charge in [0.05, 0.1) is 7.11 Å². The number of unbranched alkanes of at least 4 members (excludes halogenated alkanes) is 10. The predicted molar refractivity (Wildman–Crippen MR) is 110 cm³/mol. The van der Waals surface area contributed by atoms with Crippen LogP contribution in [-0.4, -0.2) is 13.1 Å². The Balaban J connectivity index is 3.81. The molecule has 0 spiro atoms. The van der Waals surface area contributed by atoms with E-state index < -0.39 is 0 Å². The van der Waals surface area contributed by atoms with E-state index >= 15 is 0 Å². The summed E-state index contributed by atoms with van der Waals surface area (Å²) in [5.74, 6) is 0.429. The van der Waals surface area contributed by atoms with Crippen molar-refractivity contribution < 1.29 is 9.53 Å². The third-order valence-corrected chi connectivity index (χ3v) is 4.98. The molecule has 146 valence electrons. The van der Waals surface area contributed by atoms with Gasteiger partial charge in [-0.05, 0) is 38.0 Å². The van der Waals surface area contributed by atoms with Gasteiger partial charge in [0.2, 0.25) is 0 Å². The van der Waals surface area contributed by atoms with Gasteiger partial charge < -0.3 is 4.74 Å². The van der Waals surface area contributed by atoms with Crippen molar-refractivity contribution in [3.05, 3.63) is 24.3 Å². The molecule has 0 rings (SSSR count). The number of allylic oxidation sites excluding steroid dienone is 3. The van der Waals surface area contributed by atoms with Gasteiger partial charge in [-0.25, -0.2) is 0 Å². The number of rotatable bonds is 17. The Bertz CT molecular complexity index is 357. The summed E-state index contributed by atoms with van der Waals surface area (Å²) in [7, 11) is 1.46. The lowest BCUT2D eigenvalue weighted by molar-refractivity contribution is -0.140. The molecule has 1 unspecified atom stereocenters. The summed E-state index contributed by atoms with van der Waals surface area (Å²) in [5.41, 5.74) is 1.58. The van der Waals surface area contributed by atoms with E-state index in [4.69, 9.17) is 0 Å². The second kappa shape index (κ2) is 17.8. The Morgan fingerprint density at radius 3 is 2.08 bits per heavy atom. The lowest BCUT2D eigenvalue weighted by Gasteiger charge is -2.13. The number of ether oxygens (including phenoxy) is 1. The van der Waals surface area contributed by atoms with Crippen LogP contribution < -0.4 is 0 Å². The third-order valence-electron chi connectivity index (χ3n) is 4.98. The monoisotopic (exact) mass is 350 g/mol. The van der Waals surface area contributed by atoms with E-state index in [1.807, 2.05) is 0 Å². The molecule has 25 heavy (non-hydrogen) atoms. The van der Waals surface area contributed by atoms with Crippen molar-refractivity contribution in [3.63, 3.8) is 0 Å². The first-order valence-corrected chi connectivity index (χ1v) is 10.5. The average Bonchev–Trinajstić information content (AvgIpc) is 2.63. The molecule has 0 aromatic rings. The number of carbonyl (C=O) groups is 1. The van der Waals surface area contributed by atoms with Crippen LogP contribution in [0.4, 0.5) is 0 Å². The highest BCUT2D eigenvalue weighted by atomic mass is 16.5. The van der Waals surface area contributed by atoms with Gasteiger partial charge in [-0.15, -0.1) is 6.58 Å². The largest absolute Gasteiger partial charge is 0.469 e. The lowest BCUT2D eigenvalue weighted by atomic mass is 9.93. The summed E-state index contributed by atoms with van der Waals surface area (Å²) in [6.07, 6.45) is 21.5. The fourth-order valence-corrected chi connectivity index (χ4v) is 3.11. The van der Waals surface area contributed by atoms with E-state index in [9.17, 15) is 4.79 Å². The van der Waals surface area contributed by atoms with Crippen molar-refractivity contribution in [1.82, 2.24) is 0 Å². The highest BCUT2D eigenvalue weighted by Crippen LogP contribution is 2.21. The minimum atomic E-state index is -0.0807. The second-order valence-electron chi connectivity index (χ2n) is 7.20. The fraction of sp³-hybridized carbons (Fsp3) is 0.783. The topological polar surface area (TPSA) is 26.3 Å².